The van der Waals surface area contributed by atoms with Gasteiger partial charge in [0, 0.05) is 42.9 Å². The molecule has 2 heterocycles. The first kappa shape index (κ1) is 22.4. The van der Waals surface area contributed by atoms with E-state index >= 15 is 0 Å². The number of nitrogens with one attached hydrogen (secondary N) is 1. The molecule has 0 radical (unpaired) electrons. The van der Waals surface area contributed by atoms with Gasteiger partial charge in [-0.05, 0) is 49.4 Å². The number of hydrogen-bond acceptors (Lipinski definition) is 4. The van der Waals surface area contributed by atoms with Gasteiger partial charge in [0.15, 0.2) is 0 Å². The molecular formula is C27H31N3O4. The largest absolute Gasteiger partial charge is 0.494 e. The van der Waals surface area contributed by atoms with E-state index in [4.69, 9.17) is 4.74 Å². The van der Waals surface area contributed by atoms with Gasteiger partial charge < -0.3 is 19.9 Å². The van der Waals surface area contributed by atoms with Gasteiger partial charge in [0.2, 0.25) is 17.7 Å². The fraction of sp³-hybridized carbons (Fsp3) is 0.444. The normalized spacial score (nSPS) is 22.0. The number of nitrogens with zero attached hydrogens (tertiary/aromatic N) is 2. The second kappa shape index (κ2) is 9.49. The summed E-state index contributed by atoms with van der Waals surface area (Å²) in [6.45, 7) is 1.35. The number of fused-ring (bicyclic) bond motifs is 1. The van der Waals surface area contributed by atoms with E-state index in [-0.39, 0.29) is 29.6 Å². The van der Waals surface area contributed by atoms with Crippen molar-refractivity contribution < 1.29 is 19.1 Å². The minimum atomic E-state index is -0.361. The van der Waals surface area contributed by atoms with Crippen LogP contribution in [0.3, 0.4) is 0 Å². The Morgan fingerprint density at radius 3 is 2.50 bits per heavy atom. The summed E-state index contributed by atoms with van der Waals surface area (Å²) in [5, 5.41) is 3.02. The van der Waals surface area contributed by atoms with Crippen LogP contribution in [0.1, 0.15) is 44.1 Å². The highest BCUT2D eigenvalue weighted by atomic mass is 16.5. The van der Waals surface area contributed by atoms with Crippen LogP contribution in [0.15, 0.2) is 42.5 Å². The van der Waals surface area contributed by atoms with Crippen LogP contribution < -0.4 is 19.9 Å². The molecular weight excluding hydrogens is 430 g/mol. The van der Waals surface area contributed by atoms with Gasteiger partial charge >= 0.3 is 0 Å². The molecule has 0 aromatic heterocycles. The van der Waals surface area contributed by atoms with Crippen LogP contribution in [0.5, 0.6) is 5.75 Å². The molecule has 3 amide bonds. The number of carbonyl (C=O) groups is 3. The summed E-state index contributed by atoms with van der Waals surface area (Å²) in [6, 6.07) is 13.4. The van der Waals surface area contributed by atoms with E-state index in [0.717, 1.165) is 43.5 Å². The zero-order valence-electron chi connectivity index (χ0n) is 19.6. The van der Waals surface area contributed by atoms with E-state index in [1.807, 2.05) is 29.2 Å². The van der Waals surface area contributed by atoms with Gasteiger partial charge in [0.1, 0.15) is 5.75 Å². The van der Waals surface area contributed by atoms with E-state index in [0.29, 0.717) is 37.4 Å². The Hall–Kier alpha value is -3.35. The van der Waals surface area contributed by atoms with E-state index in [9.17, 15) is 14.4 Å². The van der Waals surface area contributed by atoms with E-state index < -0.39 is 0 Å². The topological polar surface area (TPSA) is 79.0 Å². The number of anilines is 3. The molecule has 2 aromatic carbocycles. The number of hydrogen-bond donors (Lipinski definition) is 1. The smallest absolute Gasteiger partial charge is 0.230 e. The van der Waals surface area contributed by atoms with Gasteiger partial charge in [-0.1, -0.05) is 31.0 Å². The highest BCUT2D eigenvalue weighted by Crippen LogP contribution is 2.38. The zero-order chi connectivity index (χ0) is 23.7. The maximum atomic E-state index is 13.5. The number of amides is 3. The van der Waals surface area contributed by atoms with E-state index in [2.05, 4.69) is 11.4 Å². The van der Waals surface area contributed by atoms with Gasteiger partial charge in [-0.2, -0.15) is 0 Å². The van der Waals surface area contributed by atoms with E-state index in [1.165, 1.54) is 5.56 Å². The molecule has 5 rings (SSSR count). The standard InChI is InChI=1S/C27H31N3O4/c1-34-24-17-19(12-13-23(24)29-15-6-11-25(29)31)28-26(32)20-8-3-4-9-21(20)27(33)30-16-14-18-7-2-5-10-22(18)30/h2,5,7,10,12-13,17,20-21H,3-4,6,8-9,11,14-16H2,1H3,(H,28,32). The summed E-state index contributed by atoms with van der Waals surface area (Å²) in [5.74, 6) is -0.105. The molecule has 3 aliphatic rings. The van der Waals surface area contributed by atoms with Crippen LogP contribution in [0.25, 0.3) is 0 Å². The molecule has 1 aliphatic carbocycles. The van der Waals surface area contributed by atoms with Crippen molar-refractivity contribution in [2.75, 3.05) is 35.3 Å². The molecule has 34 heavy (non-hydrogen) atoms. The van der Waals surface area contributed by atoms with Crippen molar-refractivity contribution in [2.45, 2.75) is 44.9 Å². The number of ether oxygens (including phenoxy) is 1. The Morgan fingerprint density at radius 1 is 0.941 bits per heavy atom. The average molecular weight is 462 g/mol. The third-order valence-corrected chi connectivity index (χ3v) is 7.38. The maximum Gasteiger partial charge on any atom is 0.230 e. The molecule has 7 heteroatoms. The molecule has 1 saturated heterocycles. The lowest BCUT2D eigenvalue weighted by Crippen LogP contribution is -2.43. The Balaban J connectivity index is 1.32. The van der Waals surface area contributed by atoms with Crippen molar-refractivity contribution in [1.29, 1.82) is 0 Å². The van der Waals surface area contributed by atoms with Crippen LogP contribution in [-0.2, 0) is 20.8 Å². The second-order valence-electron chi connectivity index (χ2n) is 9.39. The minimum absolute atomic E-state index is 0.0604. The molecule has 2 aliphatic heterocycles. The lowest BCUT2D eigenvalue weighted by molar-refractivity contribution is -0.132. The Morgan fingerprint density at radius 2 is 1.74 bits per heavy atom. The van der Waals surface area contributed by atoms with Crippen LogP contribution in [-0.4, -0.2) is 37.9 Å². The predicted octanol–water partition coefficient (Wildman–Crippen LogP) is 4.16. The first-order chi connectivity index (χ1) is 16.6. The predicted molar refractivity (Wildman–Crippen MR) is 131 cm³/mol. The summed E-state index contributed by atoms with van der Waals surface area (Å²) >= 11 is 0. The lowest BCUT2D eigenvalue weighted by Gasteiger charge is -2.32. The molecule has 2 fully saturated rings. The molecule has 1 saturated carbocycles. The molecule has 2 atom stereocenters. The first-order valence-corrected chi connectivity index (χ1v) is 12.3. The fourth-order valence-corrected chi connectivity index (χ4v) is 5.62. The van der Waals surface area contributed by atoms with Crippen molar-refractivity contribution in [2.24, 2.45) is 11.8 Å². The van der Waals surface area contributed by atoms with Crippen LogP contribution in [0.2, 0.25) is 0 Å². The van der Waals surface area contributed by atoms with Crippen LogP contribution in [0.4, 0.5) is 17.1 Å². The Bertz CT molecular complexity index is 1110. The summed E-state index contributed by atoms with van der Waals surface area (Å²) < 4.78 is 5.53. The highest BCUT2D eigenvalue weighted by molar-refractivity contribution is 6.02. The van der Waals surface area contributed by atoms with E-state index in [1.54, 1.807) is 24.1 Å². The van der Waals surface area contributed by atoms with Crippen LogP contribution in [0, 0.1) is 11.8 Å². The molecule has 178 valence electrons. The molecule has 2 unspecified atom stereocenters. The van der Waals surface area contributed by atoms with Crippen molar-refractivity contribution in [3.05, 3.63) is 48.0 Å². The summed E-state index contributed by atoms with van der Waals surface area (Å²) in [6.07, 6.45) is 5.57. The van der Waals surface area contributed by atoms with Crippen molar-refractivity contribution in [3.63, 3.8) is 0 Å². The third kappa shape index (κ3) is 4.15. The van der Waals surface area contributed by atoms with Crippen molar-refractivity contribution >= 4 is 34.8 Å². The molecule has 0 spiro atoms. The van der Waals surface area contributed by atoms with Crippen molar-refractivity contribution in [1.82, 2.24) is 0 Å². The maximum absolute atomic E-state index is 13.5. The average Bonchev–Trinajstić information content (AvgIpc) is 3.49. The second-order valence-corrected chi connectivity index (χ2v) is 9.39. The number of methoxy groups -OCH3 is 1. The van der Waals surface area contributed by atoms with Crippen LogP contribution >= 0.6 is 0 Å². The fourth-order valence-electron chi connectivity index (χ4n) is 5.62. The Labute approximate surface area is 200 Å². The van der Waals surface area contributed by atoms with Gasteiger partial charge in [-0.3, -0.25) is 14.4 Å². The van der Waals surface area contributed by atoms with Gasteiger partial charge in [-0.25, -0.2) is 0 Å². The Kier molecular flexibility index (Phi) is 6.26. The summed E-state index contributed by atoms with van der Waals surface area (Å²) in [7, 11) is 1.56. The van der Waals surface area contributed by atoms with Gasteiger partial charge in [-0.15, -0.1) is 0 Å². The minimum Gasteiger partial charge on any atom is -0.494 e. The first-order valence-electron chi connectivity index (χ1n) is 12.3. The molecule has 2 aromatic rings. The zero-order valence-corrected chi connectivity index (χ0v) is 19.6. The van der Waals surface area contributed by atoms with Gasteiger partial charge in [0.25, 0.3) is 0 Å². The molecule has 7 nitrogen and oxygen atoms in total. The van der Waals surface area contributed by atoms with Crippen molar-refractivity contribution in [3.8, 4) is 5.75 Å². The number of para-hydroxylation sites is 1. The van der Waals surface area contributed by atoms with Gasteiger partial charge in [0.05, 0.1) is 18.7 Å². The number of rotatable bonds is 5. The molecule has 1 N–H and O–H groups in total. The lowest BCUT2D eigenvalue weighted by atomic mass is 9.77. The molecule has 0 bridgehead atoms. The monoisotopic (exact) mass is 461 g/mol. The highest BCUT2D eigenvalue weighted by Gasteiger charge is 2.39. The summed E-state index contributed by atoms with van der Waals surface area (Å²) in [5.41, 5.74) is 3.51. The SMILES string of the molecule is COc1cc(NC(=O)C2CCCCC2C(=O)N2CCc3ccccc32)ccc1N1CCCC1=O. The third-order valence-electron chi connectivity index (χ3n) is 7.38. The summed E-state index contributed by atoms with van der Waals surface area (Å²) in [4.78, 5) is 42.7. The quantitative estimate of drug-likeness (QED) is 0.725. The number of benzene rings is 2. The number of carbonyl (C=O) groups excluding carboxylic acids is 3.